The van der Waals surface area contributed by atoms with Gasteiger partial charge in [-0.1, -0.05) is 37.6 Å². The lowest BCUT2D eigenvalue weighted by Gasteiger charge is -2.44. The summed E-state index contributed by atoms with van der Waals surface area (Å²) in [6.45, 7) is 11.8. The van der Waals surface area contributed by atoms with Crippen LogP contribution in [0.1, 0.15) is 33.3 Å². The molecule has 2 rings (SSSR count). The first-order valence-electron chi connectivity index (χ1n) is 7.87. The Bertz CT molecular complexity index is 463. The van der Waals surface area contributed by atoms with Gasteiger partial charge in [0.25, 0.3) is 0 Å². The van der Waals surface area contributed by atoms with Crippen LogP contribution in [-0.2, 0) is 6.54 Å². The fourth-order valence-electron chi connectivity index (χ4n) is 2.96. The van der Waals surface area contributed by atoms with Gasteiger partial charge in [0.05, 0.1) is 10.7 Å². The Morgan fingerprint density at radius 2 is 1.86 bits per heavy atom. The smallest absolute Gasteiger partial charge is 0.0642 e. The van der Waals surface area contributed by atoms with Gasteiger partial charge in [-0.15, -0.1) is 0 Å². The second-order valence-electron chi connectivity index (χ2n) is 6.55. The molecule has 1 aromatic carbocycles. The largest absolute Gasteiger partial charge is 0.367 e. The van der Waals surface area contributed by atoms with Crippen LogP contribution in [0.4, 0.5) is 5.69 Å². The first-order valence-corrected chi connectivity index (χ1v) is 8.25. The van der Waals surface area contributed by atoms with Crippen molar-refractivity contribution in [3.8, 4) is 0 Å². The molecule has 2 unspecified atom stereocenters. The molecule has 0 aliphatic carbocycles. The number of benzene rings is 1. The first-order chi connectivity index (χ1) is 9.90. The summed E-state index contributed by atoms with van der Waals surface area (Å²) in [5, 5.41) is 4.37. The summed E-state index contributed by atoms with van der Waals surface area (Å²) in [5.74, 6) is 0. The Kier molecular flexibility index (Phi) is 5.53. The maximum absolute atomic E-state index is 6.53. The number of para-hydroxylation sites is 1. The minimum absolute atomic E-state index is 0.474. The molecule has 0 radical (unpaired) electrons. The SMILES string of the molecule is CC(C)NCc1cccc(Cl)c1N1CC(C)N(C)C(C)C1. The highest BCUT2D eigenvalue weighted by atomic mass is 35.5. The summed E-state index contributed by atoms with van der Waals surface area (Å²) in [5.41, 5.74) is 2.50. The second kappa shape index (κ2) is 6.99. The van der Waals surface area contributed by atoms with Crippen LogP contribution in [0, 0.1) is 0 Å². The number of halogens is 1. The second-order valence-corrected chi connectivity index (χ2v) is 6.96. The van der Waals surface area contributed by atoms with Crippen LogP contribution in [0.5, 0.6) is 0 Å². The molecule has 118 valence electrons. The number of nitrogens with one attached hydrogen (secondary N) is 1. The summed E-state index contributed by atoms with van der Waals surface area (Å²) in [6.07, 6.45) is 0. The Labute approximate surface area is 134 Å². The first kappa shape index (κ1) is 16.6. The van der Waals surface area contributed by atoms with Crippen molar-refractivity contribution in [2.75, 3.05) is 25.0 Å². The zero-order valence-corrected chi connectivity index (χ0v) is 14.6. The molecule has 3 nitrogen and oxygen atoms in total. The monoisotopic (exact) mass is 309 g/mol. The molecule has 1 aliphatic rings. The van der Waals surface area contributed by atoms with Gasteiger partial charge in [-0.25, -0.2) is 0 Å². The third-order valence-corrected chi connectivity index (χ3v) is 4.75. The third kappa shape index (κ3) is 3.91. The average molecular weight is 310 g/mol. The molecule has 21 heavy (non-hydrogen) atoms. The zero-order valence-electron chi connectivity index (χ0n) is 13.9. The minimum atomic E-state index is 0.474. The molecule has 1 N–H and O–H groups in total. The summed E-state index contributed by atoms with van der Waals surface area (Å²) in [7, 11) is 2.21. The van der Waals surface area contributed by atoms with Gasteiger partial charge in [0.2, 0.25) is 0 Å². The molecule has 1 fully saturated rings. The van der Waals surface area contributed by atoms with Crippen LogP contribution >= 0.6 is 11.6 Å². The van der Waals surface area contributed by atoms with Crippen molar-refractivity contribution >= 4 is 17.3 Å². The fraction of sp³-hybridized carbons (Fsp3) is 0.647. The lowest BCUT2D eigenvalue weighted by atomic mass is 10.1. The summed E-state index contributed by atoms with van der Waals surface area (Å²) in [4.78, 5) is 4.90. The average Bonchev–Trinajstić information content (AvgIpc) is 2.42. The van der Waals surface area contributed by atoms with E-state index in [0.29, 0.717) is 18.1 Å². The van der Waals surface area contributed by atoms with Crippen LogP contribution in [-0.4, -0.2) is 43.2 Å². The number of rotatable bonds is 4. The molecule has 2 atom stereocenters. The van der Waals surface area contributed by atoms with Crippen molar-refractivity contribution in [2.45, 2.75) is 52.4 Å². The summed E-state index contributed by atoms with van der Waals surface area (Å²) in [6, 6.07) is 7.79. The molecule has 1 saturated heterocycles. The minimum Gasteiger partial charge on any atom is -0.367 e. The highest BCUT2D eigenvalue weighted by Gasteiger charge is 2.28. The Balaban J connectivity index is 2.25. The van der Waals surface area contributed by atoms with E-state index >= 15 is 0 Å². The van der Waals surface area contributed by atoms with E-state index in [2.05, 4.69) is 55.9 Å². The molecule has 4 heteroatoms. The molecule has 0 saturated carbocycles. The predicted octanol–water partition coefficient (Wildman–Crippen LogP) is 3.37. The van der Waals surface area contributed by atoms with Gasteiger partial charge in [0, 0.05) is 37.8 Å². The van der Waals surface area contributed by atoms with E-state index in [1.807, 2.05) is 12.1 Å². The molecular weight excluding hydrogens is 282 g/mol. The summed E-state index contributed by atoms with van der Waals surface area (Å²) >= 11 is 6.53. The lowest BCUT2D eigenvalue weighted by Crippen LogP contribution is -2.55. The molecule has 0 bridgehead atoms. The van der Waals surface area contributed by atoms with Gasteiger partial charge < -0.3 is 10.2 Å². The molecule has 1 heterocycles. The van der Waals surface area contributed by atoms with Crippen molar-refractivity contribution in [3.05, 3.63) is 28.8 Å². The summed E-state index contributed by atoms with van der Waals surface area (Å²) < 4.78 is 0. The highest BCUT2D eigenvalue weighted by molar-refractivity contribution is 6.33. The van der Waals surface area contributed by atoms with Crippen molar-refractivity contribution in [3.63, 3.8) is 0 Å². The third-order valence-electron chi connectivity index (χ3n) is 4.45. The van der Waals surface area contributed by atoms with Crippen LogP contribution in [0.3, 0.4) is 0 Å². The van der Waals surface area contributed by atoms with E-state index in [-0.39, 0.29) is 0 Å². The van der Waals surface area contributed by atoms with Crippen LogP contribution in [0.15, 0.2) is 18.2 Å². The number of likely N-dealkylation sites (N-methyl/N-ethyl adjacent to an activating group) is 1. The molecule has 0 spiro atoms. The van der Waals surface area contributed by atoms with Crippen molar-refractivity contribution in [1.82, 2.24) is 10.2 Å². The zero-order chi connectivity index (χ0) is 15.6. The molecule has 0 aromatic heterocycles. The van der Waals surface area contributed by atoms with E-state index in [0.717, 1.165) is 24.7 Å². The normalized spacial score (nSPS) is 23.9. The predicted molar refractivity (Wildman–Crippen MR) is 92.3 cm³/mol. The number of anilines is 1. The number of hydrogen-bond acceptors (Lipinski definition) is 3. The number of hydrogen-bond donors (Lipinski definition) is 1. The van der Waals surface area contributed by atoms with Crippen LogP contribution in [0.2, 0.25) is 5.02 Å². The van der Waals surface area contributed by atoms with Crippen molar-refractivity contribution in [1.29, 1.82) is 0 Å². The Hall–Kier alpha value is -0.770. The van der Waals surface area contributed by atoms with Crippen LogP contribution in [0.25, 0.3) is 0 Å². The molecule has 1 aromatic rings. The van der Waals surface area contributed by atoms with Gasteiger partial charge >= 0.3 is 0 Å². The standard InChI is InChI=1S/C17H28ClN3/c1-12(2)19-9-15-7-6-8-16(18)17(15)21-10-13(3)20(5)14(4)11-21/h6-8,12-14,19H,9-11H2,1-5H3. The van der Waals surface area contributed by atoms with E-state index in [1.54, 1.807) is 0 Å². The van der Waals surface area contributed by atoms with Gasteiger partial charge in [0.15, 0.2) is 0 Å². The Morgan fingerprint density at radius 3 is 2.43 bits per heavy atom. The topological polar surface area (TPSA) is 18.5 Å². The molecule has 0 amide bonds. The number of nitrogens with zero attached hydrogens (tertiary/aromatic N) is 2. The van der Waals surface area contributed by atoms with E-state index < -0.39 is 0 Å². The van der Waals surface area contributed by atoms with Gasteiger partial charge in [-0.3, -0.25) is 4.90 Å². The molecular formula is C17H28ClN3. The lowest BCUT2D eigenvalue weighted by molar-refractivity contribution is 0.170. The fourth-order valence-corrected chi connectivity index (χ4v) is 3.27. The quantitative estimate of drug-likeness (QED) is 0.920. The van der Waals surface area contributed by atoms with Gasteiger partial charge in [-0.05, 0) is 32.5 Å². The van der Waals surface area contributed by atoms with E-state index in [1.165, 1.54) is 11.3 Å². The maximum atomic E-state index is 6.53. The Morgan fingerprint density at radius 1 is 1.24 bits per heavy atom. The molecule has 1 aliphatic heterocycles. The van der Waals surface area contributed by atoms with Crippen molar-refractivity contribution in [2.24, 2.45) is 0 Å². The highest BCUT2D eigenvalue weighted by Crippen LogP contribution is 2.32. The van der Waals surface area contributed by atoms with E-state index in [9.17, 15) is 0 Å². The number of piperazine rings is 1. The van der Waals surface area contributed by atoms with Crippen LogP contribution < -0.4 is 10.2 Å². The van der Waals surface area contributed by atoms with E-state index in [4.69, 9.17) is 11.6 Å². The van der Waals surface area contributed by atoms with Crippen molar-refractivity contribution < 1.29 is 0 Å². The van der Waals surface area contributed by atoms with Gasteiger partial charge in [0.1, 0.15) is 0 Å². The van der Waals surface area contributed by atoms with Gasteiger partial charge in [-0.2, -0.15) is 0 Å². The maximum Gasteiger partial charge on any atom is 0.0642 e.